The zero-order valence-corrected chi connectivity index (χ0v) is 11.8. The van der Waals surface area contributed by atoms with Crippen LogP contribution in [0.3, 0.4) is 0 Å². The van der Waals surface area contributed by atoms with E-state index in [4.69, 9.17) is 0 Å². The number of hydrogen-bond acceptors (Lipinski definition) is 4. The Morgan fingerprint density at radius 3 is 2.38 bits per heavy atom. The van der Waals surface area contributed by atoms with Crippen LogP contribution in [0.25, 0.3) is 0 Å². The van der Waals surface area contributed by atoms with Crippen LogP contribution in [0.15, 0.2) is 18.2 Å². The number of benzene rings is 1. The molecule has 1 aromatic rings. The molecule has 1 aromatic carbocycles. The third kappa shape index (κ3) is 3.09. The number of carbonyl (C=O) groups excluding carboxylic acids is 1. The monoisotopic (exact) mass is 293 g/mol. The molecule has 1 aliphatic rings. The Kier molecular flexibility index (Phi) is 4.06. The van der Waals surface area contributed by atoms with Gasteiger partial charge in [0.15, 0.2) is 0 Å². The quantitative estimate of drug-likeness (QED) is 0.680. The summed E-state index contributed by atoms with van der Waals surface area (Å²) in [5, 5.41) is 30.9. The second-order valence-electron chi connectivity index (χ2n) is 5.73. The Hall–Kier alpha value is -2.24. The number of carbonyl (C=O) groups is 2. The average Bonchev–Trinajstić information content (AvgIpc) is 2.41. The summed E-state index contributed by atoms with van der Waals surface area (Å²) < 4.78 is 0. The first-order valence-corrected chi connectivity index (χ1v) is 6.92. The second-order valence-corrected chi connectivity index (χ2v) is 5.73. The summed E-state index contributed by atoms with van der Waals surface area (Å²) in [6.45, 7) is 2.05. The van der Waals surface area contributed by atoms with E-state index in [2.05, 4.69) is 12.2 Å². The highest BCUT2D eigenvalue weighted by Gasteiger charge is 2.42. The van der Waals surface area contributed by atoms with E-state index in [9.17, 15) is 24.9 Å². The van der Waals surface area contributed by atoms with Gasteiger partial charge in [0.2, 0.25) is 0 Å². The Morgan fingerprint density at radius 1 is 1.24 bits per heavy atom. The first-order valence-electron chi connectivity index (χ1n) is 6.92. The van der Waals surface area contributed by atoms with Crippen LogP contribution < -0.4 is 5.32 Å². The van der Waals surface area contributed by atoms with Crippen molar-refractivity contribution in [2.24, 2.45) is 5.92 Å². The van der Waals surface area contributed by atoms with Crippen molar-refractivity contribution in [3.8, 4) is 11.5 Å². The van der Waals surface area contributed by atoms with Gasteiger partial charge in [-0.15, -0.1) is 0 Å². The SMILES string of the molecule is CC1CCC(NC(=O)c2ccc(O)cc2O)(C(=O)O)CC1. The largest absolute Gasteiger partial charge is 0.508 e. The molecule has 2 rings (SSSR count). The Bertz CT molecular complexity index is 561. The van der Waals surface area contributed by atoms with Crippen molar-refractivity contribution in [2.75, 3.05) is 0 Å². The third-order valence-corrected chi connectivity index (χ3v) is 4.12. The lowest BCUT2D eigenvalue weighted by molar-refractivity contribution is -0.146. The number of aromatic hydroxyl groups is 2. The fourth-order valence-electron chi connectivity index (χ4n) is 2.64. The normalized spacial score (nSPS) is 25.3. The summed E-state index contributed by atoms with van der Waals surface area (Å²) in [4.78, 5) is 23.8. The van der Waals surface area contributed by atoms with Gasteiger partial charge in [-0.25, -0.2) is 4.79 Å². The second kappa shape index (κ2) is 5.63. The lowest BCUT2D eigenvalue weighted by Gasteiger charge is -2.36. The molecule has 6 nitrogen and oxygen atoms in total. The van der Waals surface area contributed by atoms with Crippen molar-refractivity contribution < 1.29 is 24.9 Å². The van der Waals surface area contributed by atoms with E-state index in [1.807, 2.05) is 0 Å². The summed E-state index contributed by atoms with van der Waals surface area (Å²) >= 11 is 0. The molecular formula is C15H19NO5. The minimum Gasteiger partial charge on any atom is -0.508 e. The van der Waals surface area contributed by atoms with Crippen LogP contribution >= 0.6 is 0 Å². The summed E-state index contributed by atoms with van der Waals surface area (Å²) in [6, 6.07) is 3.58. The van der Waals surface area contributed by atoms with Gasteiger partial charge in [0.1, 0.15) is 17.0 Å². The zero-order chi connectivity index (χ0) is 15.6. The predicted molar refractivity (Wildman–Crippen MR) is 75.2 cm³/mol. The first-order chi connectivity index (χ1) is 9.84. The van der Waals surface area contributed by atoms with Gasteiger partial charge in [-0.05, 0) is 43.7 Å². The number of carboxylic acid groups (broad SMARTS) is 1. The van der Waals surface area contributed by atoms with Gasteiger partial charge in [-0.3, -0.25) is 4.79 Å². The maximum Gasteiger partial charge on any atom is 0.329 e. The number of hydrogen-bond donors (Lipinski definition) is 4. The molecule has 1 saturated carbocycles. The summed E-state index contributed by atoms with van der Waals surface area (Å²) in [5.74, 6) is -1.80. The average molecular weight is 293 g/mol. The number of carboxylic acids is 1. The lowest BCUT2D eigenvalue weighted by atomic mass is 9.77. The number of aliphatic carboxylic acids is 1. The molecule has 1 amide bonds. The van der Waals surface area contributed by atoms with E-state index in [0.717, 1.165) is 18.9 Å². The maximum absolute atomic E-state index is 12.2. The van der Waals surface area contributed by atoms with Crippen LogP contribution in [0.4, 0.5) is 0 Å². The van der Waals surface area contributed by atoms with Crippen LogP contribution in [0.1, 0.15) is 43.0 Å². The topological polar surface area (TPSA) is 107 Å². The van der Waals surface area contributed by atoms with E-state index in [-0.39, 0.29) is 17.1 Å². The number of nitrogens with one attached hydrogen (secondary N) is 1. The highest BCUT2D eigenvalue weighted by Crippen LogP contribution is 2.33. The van der Waals surface area contributed by atoms with Crippen molar-refractivity contribution in [1.82, 2.24) is 5.32 Å². The zero-order valence-electron chi connectivity index (χ0n) is 11.8. The summed E-state index contributed by atoms with van der Waals surface area (Å²) in [7, 11) is 0. The highest BCUT2D eigenvalue weighted by molar-refractivity contribution is 6.00. The van der Waals surface area contributed by atoms with E-state index in [0.29, 0.717) is 18.8 Å². The summed E-state index contributed by atoms with van der Waals surface area (Å²) in [5.41, 5.74) is -1.33. The van der Waals surface area contributed by atoms with Crippen molar-refractivity contribution >= 4 is 11.9 Å². The predicted octanol–water partition coefficient (Wildman–Crippen LogP) is 1.86. The van der Waals surface area contributed by atoms with Gasteiger partial charge in [-0.1, -0.05) is 6.92 Å². The molecule has 0 unspecified atom stereocenters. The molecule has 21 heavy (non-hydrogen) atoms. The molecule has 1 fully saturated rings. The Labute approximate surface area is 122 Å². The minimum atomic E-state index is -1.28. The van der Waals surface area contributed by atoms with Crippen LogP contribution in [-0.2, 0) is 4.79 Å². The van der Waals surface area contributed by atoms with Gasteiger partial charge in [0.05, 0.1) is 5.56 Å². The smallest absolute Gasteiger partial charge is 0.329 e. The molecule has 0 radical (unpaired) electrons. The van der Waals surface area contributed by atoms with E-state index < -0.39 is 17.4 Å². The standard InChI is InChI=1S/C15H19NO5/c1-9-4-6-15(7-5-9,14(20)21)16-13(19)11-3-2-10(17)8-12(11)18/h2-3,8-9,17-18H,4-7H2,1H3,(H,16,19)(H,20,21). The van der Waals surface area contributed by atoms with E-state index in [1.54, 1.807) is 0 Å². The minimum absolute atomic E-state index is 0.0490. The van der Waals surface area contributed by atoms with Crippen molar-refractivity contribution in [3.63, 3.8) is 0 Å². The van der Waals surface area contributed by atoms with Crippen LogP contribution in [0.5, 0.6) is 11.5 Å². The number of phenols is 2. The van der Waals surface area contributed by atoms with Gasteiger partial charge in [0, 0.05) is 6.07 Å². The van der Waals surface area contributed by atoms with E-state index in [1.165, 1.54) is 12.1 Å². The molecule has 0 aromatic heterocycles. The molecular weight excluding hydrogens is 274 g/mol. The van der Waals surface area contributed by atoms with Gasteiger partial charge < -0.3 is 20.6 Å². The molecule has 0 heterocycles. The first kappa shape index (κ1) is 15.2. The number of phenolic OH excluding ortho intramolecular Hbond substituents is 2. The number of amides is 1. The molecule has 1 aliphatic carbocycles. The van der Waals surface area contributed by atoms with Crippen LogP contribution in [-0.4, -0.2) is 32.7 Å². The van der Waals surface area contributed by atoms with Gasteiger partial charge in [-0.2, -0.15) is 0 Å². The lowest BCUT2D eigenvalue weighted by Crippen LogP contribution is -2.56. The Morgan fingerprint density at radius 2 is 1.86 bits per heavy atom. The molecule has 0 saturated heterocycles. The molecule has 4 N–H and O–H groups in total. The fourth-order valence-corrected chi connectivity index (χ4v) is 2.64. The molecule has 6 heteroatoms. The van der Waals surface area contributed by atoms with Crippen LogP contribution in [0.2, 0.25) is 0 Å². The molecule has 114 valence electrons. The van der Waals surface area contributed by atoms with Crippen molar-refractivity contribution in [1.29, 1.82) is 0 Å². The van der Waals surface area contributed by atoms with Crippen LogP contribution in [0, 0.1) is 5.92 Å². The van der Waals surface area contributed by atoms with Crippen molar-refractivity contribution in [2.45, 2.75) is 38.1 Å². The van der Waals surface area contributed by atoms with Gasteiger partial charge >= 0.3 is 5.97 Å². The molecule has 0 aliphatic heterocycles. The van der Waals surface area contributed by atoms with Gasteiger partial charge in [0.25, 0.3) is 5.91 Å². The molecule has 0 bridgehead atoms. The fraction of sp³-hybridized carbons (Fsp3) is 0.467. The number of rotatable bonds is 3. The van der Waals surface area contributed by atoms with E-state index >= 15 is 0 Å². The Balaban J connectivity index is 2.21. The molecule has 0 atom stereocenters. The molecule has 0 spiro atoms. The highest BCUT2D eigenvalue weighted by atomic mass is 16.4. The maximum atomic E-state index is 12.2. The third-order valence-electron chi connectivity index (χ3n) is 4.12. The summed E-state index contributed by atoms with van der Waals surface area (Å²) in [6.07, 6.45) is 2.20. The van der Waals surface area contributed by atoms with Crippen molar-refractivity contribution in [3.05, 3.63) is 23.8 Å².